The van der Waals surface area contributed by atoms with Crippen LogP contribution in [0.2, 0.25) is 5.02 Å². The number of nitrogens with zero attached hydrogens (tertiary/aromatic N) is 3. The van der Waals surface area contributed by atoms with E-state index in [1.165, 1.54) is 30.8 Å². The zero-order chi connectivity index (χ0) is 21.3. The minimum Gasteiger partial charge on any atom is -0.495 e. The Morgan fingerprint density at radius 2 is 2.07 bits per heavy atom. The number of anilines is 2. The second-order valence-electron chi connectivity index (χ2n) is 6.20. The Kier molecular flexibility index (Phi) is 5.47. The molecule has 7 nitrogen and oxygen atoms in total. The summed E-state index contributed by atoms with van der Waals surface area (Å²) < 4.78 is 19.6. The monoisotopic (exact) mass is 443 g/mol. The summed E-state index contributed by atoms with van der Waals surface area (Å²) in [5.41, 5.74) is 1.90. The zero-order valence-corrected chi connectivity index (χ0v) is 17.4. The van der Waals surface area contributed by atoms with Crippen LogP contribution in [0.1, 0.15) is 5.01 Å². The normalized spacial score (nSPS) is 10.8. The van der Waals surface area contributed by atoms with Crippen molar-refractivity contribution in [2.24, 2.45) is 0 Å². The molecular weight excluding hydrogens is 429 g/mol. The van der Waals surface area contributed by atoms with Crippen molar-refractivity contribution in [2.45, 2.75) is 6.92 Å². The standard InChI is InChI=1S/C20H15ClFN5O2S/c1-10-25-17-16(12-4-3-7-23-18(12)22)14(9-24-19(17)30-10)27-20(28)26-11-5-6-15(29-2)13(21)8-11/h3-9H,1-2H3,(H2,26,27,28). The minimum absolute atomic E-state index is 0.220. The smallest absolute Gasteiger partial charge is 0.323 e. The van der Waals surface area contributed by atoms with Gasteiger partial charge in [0.2, 0.25) is 5.95 Å². The minimum atomic E-state index is -0.666. The summed E-state index contributed by atoms with van der Waals surface area (Å²) in [5.74, 6) is -0.174. The first-order valence-corrected chi connectivity index (χ1v) is 9.94. The van der Waals surface area contributed by atoms with E-state index in [2.05, 4.69) is 25.6 Å². The number of nitrogens with one attached hydrogen (secondary N) is 2. The summed E-state index contributed by atoms with van der Waals surface area (Å²) in [5, 5.41) is 6.53. The molecule has 30 heavy (non-hydrogen) atoms. The van der Waals surface area contributed by atoms with Gasteiger partial charge in [0.1, 0.15) is 16.1 Å². The molecule has 1 aromatic carbocycles. The van der Waals surface area contributed by atoms with Gasteiger partial charge in [-0.2, -0.15) is 4.39 Å². The van der Waals surface area contributed by atoms with Gasteiger partial charge in [-0.05, 0) is 37.3 Å². The van der Waals surface area contributed by atoms with Crippen LogP contribution in [0, 0.1) is 12.9 Å². The Morgan fingerprint density at radius 3 is 2.80 bits per heavy atom. The number of ether oxygens (including phenoxy) is 1. The van der Waals surface area contributed by atoms with Crippen LogP contribution in [0.3, 0.4) is 0 Å². The lowest BCUT2D eigenvalue weighted by Crippen LogP contribution is -2.20. The van der Waals surface area contributed by atoms with Gasteiger partial charge >= 0.3 is 6.03 Å². The van der Waals surface area contributed by atoms with Crippen molar-refractivity contribution in [3.8, 4) is 16.9 Å². The van der Waals surface area contributed by atoms with Crippen molar-refractivity contribution in [2.75, 3.05) is 17.7 Å². The predicted molar refractivity (Wildman–Crippen MR) is 116 cm³/mol. The van der Waals surface area contributed by atoms with Crippen molar-refractivity contribution in [3.63, 3.8) is 0 Å². The predicted octanol–water partition coefficient (Wildman–Crippen LogP) is 5.51. The van der Waals surface area contributed by atoms with Crippen LogP contribution >= 0.6 is 22.9 Å². The highest BCUT2D eigenvalue weighted by Crippen LogP contribution is 2.37. The summed E-state index contributed by atoms with van der Waals surface area (Å²) in [6, 6.07) is 7.50. The highest BCUT2D eigenvalue weighted by Gasteiger charge is 2.19. The van der Waals surface area contributed by atoms with Crippen LogP contribution in [0.4, 0.5) is 20.6 Å². The molecule has 0 atom stereocenters. The lowest BCUT2D eigenvalue weighted by Gasteiger charge is -2.13. The summed E-state index contributed by atoms with van der Waals surface area (Å²) in [6.07, 6.45) is 2.83. The van der Waals surface area contributed by atoms with Gasteiger partial charge in [0, 0.05) is 23.0 Å². The number of hydrogen-bond acceptors (Lipinski definition) is 6. The molecule has 0 saturated carbocycles. The number of pyridine rings is 2. The Balaban J connectivity index is 1.70. The molecule has 2 N–H and O–H groups in total. The summed E-state index contributed by atoms with van der Waals surface area (Å²) in [6.45, 7) is 1.84. The number of methoxy groups -OCH3 is 1. The average molecular weight is 444 g/mol. The van der Waals surface area contributed by atoms with Gasteiger partial charge in [-0.1, -0.05) is 22.9 Å². The van der Waals surface area contributed by atoms with Crippen LogP contribution in [0.15, 0.2) is 42.7 Å². The SMILES string of the molecule is COc1ccc(NC(=O)Nc2cnc3sc(C)nc3c2-c2cccnc2F)cc1Cl. The quantitative estimate of drug-likeness (QED) is 0.406. The van der Waals surface area contributed by atoms with Crippen LogP contribution < -0.4 is 15.4 Å². The molecule has 2 amide bonds. The van der Waals surface area contributed by atoms with E-state index in [-0.39, 0.29) is 5.56 Å². The molecule has 0 spiro atoms. The number of carbonyl (C=O) groups excluding carboxylic acids is 1. The lowest BCUT2D eigenvalue weighted by molar-refractivity contribution is 0.262. The molecule has 0 aliphatic rings. The average Bonchev–Trinajstić information content (AvgIpc) is 3.09. The van der Waals surface area contributed by atoms with Gasteiger partial charge in [0.15, 0.2) is 0 Å². The third-order valence-electron chi connectivity index (χ3n) is 4.22. The Bertz CT molecular complexity index is 1260. The third-order valence-corrected chi connectivity index (χ3v) is 5.39. The fourth-order valence-corrected chi connectivity index (χ4v) is 3.97. The molecule has 152 valence electrons. The molecule has 0 aliphatic carbocycles. The number of urea groups is 1. The van der Waals surface area contributed by atoms with Crippen molar-refractivity contribution < 1.29 is 13.9 Å². The van der Waals surface area contributed by atoms with Crippen molar-refractivity contribution >= 4 is 50.7 Å². The summed E-state index contributed by atoms with van der Waals surface area (Å²) in [7, 11) is 1.50. The maximum atomic E-state index is 14.5. The Morgan fingerprint density at radius 1 is 1.23 bits per heavy atom. The van der Waals surface area contributed by atoms with Gasteiger partial charge in [-0.3, -0.25) is 0 Å². The highest BCUT2D eigenvalue weighted by atomic mass is 35.5. The van der Waals surface area contributed by atoms with Gasteiger partial charge < -0.3 is 15.4 Å². The van der Waals surface area contributed by atoms with Gasteiger partial charge in [0.25, 0.3) is 0 Å². The van der Waals surface area contributed by atoms with Crippen LogP contribution in [-0.4, -0.2) is 28.1 Å². The number of carbonyl (C=O) groups is 1. The topological polar surface area (TPSA) is 89.0 Å². The molecule has 0 aliphatic heterocycles. The second kappa shape index (κ2) is 8.21. The number of rotatable bonds is 4. The fraction of sp³-hybridized carbons (Fsp3) is 0.100. The highest BCUT2D eigenvalue weighted by molar-refractivity contribution is 7.18. The Labute approximate surface area is 179 Å². The van der Waals surface area contributed by atoms with E-state index in [9.17, 15) is 9.18 Å². The first kappa shape index (κ1) is 20.0. The summed E-state index contributed by atoms with van der Waals surface area (Å²) >= 11 is 7.48. The lowest BCUT2D eigenvalue weighted by atomic mass is 10.1. The van der Waals surface area contributed by atoms with Crippen molar-refractivity contribution in [1.29, 1.82) is 0 Å². The number of benzene rings is 1. The van der Waals surface area contributed by atoms with Crippen molar-refractivity contribution in [3.05, 3.63) is 58.7 Å². The molecule has 0 saturated heterocycles. The van der Waals surface area contributed by atoms with E-state index in [0.29, 0.717) is 38.1 Å². The second-order valence-corrected chi connectivity index (χ2v) is 7.79. The number of aryl methyl sites for hydroxylation is 1. The van der Waals surface area contributed by atoms with E-state index in [1.54, 1.807) is 30.3 Å². The number of hydrogen-bond donors (Lipinski definition) is 2. The zero-order valence-electron chi connectivity index (χ0n) is 15.9. The van der Waals surface area contributed by atoms with Crippen LogP contribution in [-0.2, 0) is 0 Å². The largest absolute Gasteiger partial charge is 0.495 e. The molecule has 0 bridgehead atoms. The van der Waals surface area contributed by atoms with Gasteiger partial charge in [-0.15, -0.1) is 0 Å². The van der Waals surface area contributed by atoms with Gasteiger partial charge in [-0.25, -0.2) is 19.7 Å². The molecule has 0 radical (unpaired) electrons. The number of amides is 2. The molecule has 0 unspecified atom stereocenters. The third kappa shape index (κ3) is 3.89. The van der Waals surface area contributed by atoms with Crippen molar-refractivity contribution in [1.82, 2.24) is 15.0 Å². The number of halogens is 2. The molecule has 4 aromatic rings. The van der Waals surface area contributed by atoms with E-state index in [4.69, 9.17) is 16.3 Å². The van der Waals surface area contributed by atoms with Crippen LogP contribution in [0.25, 0.3) is 21.5 Å². The molecule has 3 aromatic heterocycles. The first-order chi connectivity index (χ1) is 14.5. The van der Waals surface area contributed by atoms with Gasteiger partial charge in [0.05, 0.1) is 29.0 Å². The number of thiazole rings is 1. The molecule has 3 heterocycles. The van der Waals surface area contributed by atoms with E-state index in [0.717, 1.165) is 5.01 Å². The molecule has 0 fully saturated rings. The number of fused-ring (bicyclic) bond motifs is 1. The van der Waals surface area contributed by atoms with E-state index < -0.39 is 12.0 Å². The molecule has 4 rings (SSSR count). The summed E-state index contributed by atoms with van der Waals surface area (Å²) in [4.78, 5) is 25.8. The fourth-order valence-electron chi connectivity index (χ4n) is 2.95. The maximum Gasteiger partial charge on any atom is 0.323 e. The molecule has 10 heteroatoms. The molecular formula is C20H15ClFN5O2S. The van der Waals surface area contributed by atoms with E-state index in [1.807, 2.05) is 6.92 Å². The van der Waals surface area contributed by atoms with E-state index >= 15 is 0 Å². The Hall–Kier alpha value is -3.30. The van der Waals surface area contributed by atoms with Crippen LogP contribution in [0.5, 0.6) is 5.75 Å². The number of aromatic nitrogens is 3. The first-order valence-electron chi connectivity index (χ1n) is 8.75. The maximum absolute atomic E-state index is 14.5.